The topological polar surface area (TPSA) is 47.8 Å². The van der Waals surface area contributed by atoms with Gasteiger partial charge in [0.05, 0.1) is 14.2 Å². The maximum Gasteiger partial charge on any atom is 0.161 e. The zero-order valence-corrected chi connectivity index (χ0v) is 15.3. The standard InChI is InChI=1S/C22H21N3O2/c1-26-18-12-11-16(14-19(18)27-2)15-23-22-21(17-8-4-3-5-9-17)24-20-10-6-7-13-25(20)22/h3-14,23H,15H2,1-2H3. The van der Waals surface area contributed by atoms with Gasteiger partial charge in [-0.1, -0.05) is 42.5 Å². The summed E-state index contributed by atoms with van der Waals surface area (Å²) in [6.45, 7) is 0.642. The van der Waals surface area contributed by atoms with E-state index < -0.39 is 0 Å². The molecule has 4 rings (SSSR count). The number of rotatable bonds is 6. The third-order valence-corrected chi connectivity index (χ3v) is 4.49. The van der Waals surface area contributed by atoms with Crippen LogP contribution in [0, 0.1) is 0 Å². The van der Waals surface area contributed by atoms with Gasteiger partial charge >= 0.3 is 0 Å². The van der Waals surface area contributed by atoms with Gasteiger partial charge in [-0.15, -0.1) is 0 Å². The van der Waals surface area contributed by atoms with E-state index in [4.69, 9.17) is 14.5 Å². The Hall–Kier alpha value is -3.47. The van der Waals surface area contributed by atoms with Crippen LogP contribution in [0.15, 0.2) is 72.9 Å². The first-order valence-corrected chi connectivity index (χ1v) is 8.77. The maximum absolute atomic E-state index is 5.41. The Morgan fingerprint density at radius 3 is 2.44 bits per heavy atom. The number of benzene rings is 2. The van der Waals surface area contributed by atoms with Crippen molar-refractivity contribution in [1.82, 2.24) is 9.38 Å². The first-order valence-electron chi connectivity index (χ1n) is 8.77. The van der Waals surface area contributed by atoms with Gasteiger partial charge in [-0.2, -0.15) is 0 Å². The van der Waals surface area contributed by atoms with Gasteiger partial charge < -0.3 is 14.8 Å². The smallest absolute Gasteiger partial charge is 0.161 e. The molecule has 1 N–H and O–H groups in total. The van der Waals surface area contributed by atoms with Gasteiger partial charge in [0.15, 0.2) is 11.5 Å². The van der Waals surface area contributed by atoms with Crippen LogP contribution in [0.1, 0.15) is 5.56 Å². The summed E-state index contributed by atoms with van der Waals surface area (Å²) in [5.74, 6) is 2.41. The van der Waals surface area contributed by atoms with Crippen LogP contribution >= 0.6 is 0 Å². The van der Waals surface area contributed by atoms with Crippen molar-refractivity contribution in [3.8, 4) is 22.8 Å². The Morgan fingerprint density at radius 1 is 0.889 bits per heavy atom. The number of hydrogen-bond acceptors (Lipinski definition) is 4. The molecule has 0 aliphatic rings. The fraction of sp³-hybridized carbons (Fsp3) is 0.136. The lowest BCUT2D eigenvalue weighted by Crippen LogP contribution is -2.04. The highest BCUT2D eigenvalue weighted by Crippen LogP contribution is 2.31. The van der Waals surface area contributed by atoms with E-state index >= 15 is 0 Å². The summed E-state index contributed by atoms with van der Waals surface area (Å²) >= 11 is 0. The van der Waals surface area contributed by atoms with Crippen LogP contribution in [0.25, 0.3) is 16.9 Å². The van der Waals surface area contributed by atoms with Crippen molar-refractivity contribution >= 4 is 11.5 Å². The van der Waals surface area contributed by atoms with Crippen molar-refractivity contribution in [2.45, 2.75) is 6.54 Å². The molecule has 27 heavy (non-hydrogen) atoms. The third-order valence-electron chi connectivity index (χ3n) is 4.49. The van der Waals surface area contributed by atoms with E-state index in [0.717, 1.165) is 39.8 Å². The summed E-state index contributed by atoms with van der Waals surface area (Å²) in [5, 5.41) is 3.54. The van der Waals surface area contributed by atoms with Crippen LogP contribution in [-0.2, 0) is 6.54 Å². The van der Waals surface area contributed by atoms with Crippen molar-refractivity contribution in [3.63, 3.8) is 0 Å². The monoisotopic (exact) mass is 359 g/mol. The van der Waals surface area contributed by atoms with Crippen LogP contribution in [-0.4, -0.2) is 23.6 Å². The number of imidazole rings is 1. The number of aromatic nitrogens is 2. The quantitative estimate of drug-likeness (QED) is 0.545. The van der Waals surface area contributed by atoms with E-state index in [1.807, 2.05) is 60.8 Å². The fourth-order valence-corrected chi connectivity index (χ4v) is 3.14. The van der Waals surface area contributed by atoms with Gasteiger partial charge in [0.2, 0.25) is 0 Å². The van der Waals surface area contributed by atoms with E-state index in [-0.39, 0.29) is 0 Å². The second-order valence-corrected chi connectivity index (χ2v) is 6.15. The van der Waals surface area contributed by atoms with Crippen LogP contribution in [0.4, 0.5) is 5.82 Å². The minimum atomic E-state index is 0.642. The summed E-state index contributed by atoms with van der Waals surface area (Å²) in [5.41, 5.74) is 4.02. The molecule has 0 saturated heterocycles. The zero-order valence-electron chi connectivity index (χ0n) is 15.3. The average molecular weight is 359 g/mol. The number of nitrogens with one attached hydrogen (secondary N) is 1. The Balaban J connectivity index is 1.69. The van der Waals surface area contributed by atoms with Gasteiger partial charge in [-0.25, -0.2) is 4.98 Å². The van der Waals surface area contributed by atoms with Gasteiger partial charge in [0.1, 0.15) is 17.2 Å². The molecule has 4 aromatic rings. The lowest BCUT2D eigenvalue weighted by Gasteiger charge is -2.12. The molecular formula is C22H21N3O2. The number of hydrogen-bond donors (Lipinski definition) is 1. The molecule has 0 spiro atoms. The maximum atomic E-state index is 5.41. The predicted molar refractivity (Wildman–Crippen MR) is 108 cm³/mol. The molecule has 0 unspecified atom stereocenters. The minimum absolute atomic E-state index is 0.642. The average Bonchev–Trinajstić information content (AvgIpc) is 3.11. The Kier molecular flexibility index (Phi) is 4.66. The predicted octanol–water partition coefficient (Wildman–Crippen LogP) is 4.63. The molecule has 136 valence electrons. The van der Waals surface area contributed by atoms with E-state index in [0.29, 0.717) is 6.54 Å². The van der Waals surface area contributed by atoms with E-state index in [1.54, 1.807) is 14.2 Å². The van der Waals surface area contributed by atoms with Gasteiger partial charge in [-0.3, -0.25) is 4.40 Å². The van der Waals surface area contributed by atoms with Crippen LogP contribution in [0.3, 0.4) is 0 Å². The summed E-state index contributed by atoms with van der Waals surface area (Å²) in [6, 6.07) is 22.1. The highest BCUT2D eigenvalue weighted by atomic mass is 16.5. The van der Waals surface area contributed by atoms with E-state index in [9.17, 15) is 0 Å². The minimum Gasteiger partial charge on any atom is -0.493 e. The Labute approximate surface area is 158 Å². The molecule has 0 atom stereocenters. The second kappa shape index (κ2) is 7.41. The van der Waals surface area contributed by atoms with Gasteiger partial charge in [-0.05, 0) is 29.8 Å². The van der Waals surface area contributed by atoms with Crippen LogP contribution in [0.2, 0.25) is 0 Å². The zero-order chi connectivity index (χ0) is 18.6. The first kappa shape index (κ1) is 17.0. The molecule has 0 bridgehead atoms. The van der Waals surface area contributed by atoms with E-state index in [1.165, 1.54) is 0 Å². The summed E-state index contributed by atoms with van der Waals surface area (Å²) in [4.78, 5) is 4.81. The highest BCUT2D eigenvalue weighted by Gasteiger charge is 2.14. The lowest BCUT2D eigenvalue weighted by atomic mass is 10.1. The summed E-state index contributed by atoms with van der Waals surface area (Å²) in [6.07, 6.45) is 2.02. The second-order valence-electron chi connectivity index (χ2n) is 6.15. The molecule has 0 radical (unpaired) electrons. The summed E-state index contributed by atoms with van der Waals surface area (Å²) in [7, 11) is 3.29. The molecule has 0 aliphatic heterocycles. The third kappa shape index (κ3) is 3.31. The normalized spacial score (nSPS) is 10.7. The molecular weight excluding hydrogens is 338 g/mol. The number of anilines is 1. The van der Waals surface area contributed by atoms with Crippen LogP contribution in [0.5, 0.6) is 11.5 Å². The molecule has 0 aliphatic carbocycles. The SMILES string of the molecule is COc1ccc(CNc2c(-c3ccccc3)nc3ccccn23)cc1OC. The number of ether oxygens (including phenoxy) is 2. The van der Waals surface area contributed by atoms with Crippen molar-refractivity contribution in [3.05, 3.63) is 78.5 Å². The van der Waals surface area contributed by atoms with Crippen molar-refractivity contribution in [1.29, 1.82) is 0 Å². The molecule has 2 heterocycles. The first-order chi connectivity index (χ1) is 13.3. The molecule has 5 nitrogen and oxygen atoms in total. The molecule has 0 amide bonds. The fourth-order valence-electron chi connectivity index (χ4n) is 3.14. The number of nitrogens with zero attached hydrogens (tertiary/aromatic N) is 2. The molecule has 0 fully saturated rings. The molecule has 2 aromatic carbocycles. The van der Waals surface area contributed by atoms with Crippen molar-refractivity contribution < 1.29 is 9.47 Å². The Morgan fingerprint density at radius 2 is 1.67 bits per heavy atom. The highest BCUT2D eigenvalue weighted by molar-refractivity contribution is 5.76. The largest absolute Gasteiger partial charge is 0.493 e. The molecule has 0 saturated carbocycles. The number of methoxy groups -OCH3 is 2. The molecule has 2 aromatic heterocycles. The number of pyridine rings is 1. The van der Waals surface area contributed by atoms with Crippen molar-refractivity contribution in [2.75, 3.05) is 19.5 Å². The Bertz CT molecular complexity index is 1060. The summed E-state index contributed by atoms with van der Waals surface area (Å²) < 4.78 is 12.8. The number of fused-ring (bicyclic) bond motifs is 1. The van der Waals surface area contributed by atoms with E-state index in [2.05, 4.69) is 21.9 Å². The van der Waals surface area contributed by atoms with Crippen LogP contribution < -0.4 is 14.8 Å². The van der Waals surface area contributed by atoms with Gasteiger partial charge in [0, 0.05) is 18.3 Å². The van der Waals surface area contributed by atoms with Crippen molar-refractivity contribution in [2.24, 2.45) is 0 Å². The van der Waals surface area contributed by atoms with Gasteiger partial charge in [0.25, 0.3) is 0 Å². The lowest BCUT2D eigenvalue weighted by molar-refractivity contribution is 0.354. The molecule has 5 heteroatoms.